The van der Waals surface area contributed by atoms with E-state index in [1.165, 1.54) is 14.2 Å². The second kappa shape index (κ2) is 6.92. The van der Waals surface area contributed by atoms with Crippen molar-refractivity contribution in [1.29, 1.82) is 0 Å². The van der Waals surface area contributed by atoms with Crippen molar-refractivity contribution in [2.45, 2.75) is 12.5 Å². The van der Waals surface area contributed by atoms with E-state index in [0.717, 1.165) is 24.1 Å². The van der Waals surface area contributed by atoms with Crippen LogP contribution in [0.5, 0.6) is 11.5 Å². The molecule has 3 atom stereocenters. The van der Waals surface area contributed by atoms with Gasteiger partial charge in [0.05, 0.1) is 40.3 Å². The molecule has 0 amide bonds. The number of ether oxygens (including phenoxy) is 4. The number of carbonyl (C=O) groups is 2. The largest absolute Gasteiger partial charge is 0.493 e. The summed E-state index contributed by atoms with van der Waals surface area (Å²) in [6, 6.07) is 3.62. The molecular formula is C18H23NO6. The second-order valence-corrected chi connectivity index (χ2v) is 6.27. The summed E-state index contributed by atoms with van der Waals surface area (Å²) < 4.78 is 20.7. The molecule has 0 saturated carbocycles. The molecule has 25 heavy (non-hydrogen) atoms. The van der Waals surface area contributed by atoms with Crippen molar-refractivity contribution >= 4 is 11.9 Å². The van der Waals surface area contributed by atoms with E-state index in [0.29, 0.717) is 18.0 Å². The number of methoxy groups -OCH3 is 4. The number of esters is 2. The lowest BCUT2D eigenvalue weighted by Crippen LogP contribution is -2.35. The molecule has 2 heterocycles. The van der Waals surface area contributed by atoms with E-state index in [2.05, 4.69) is 4.90 Å². The van der Waals surface area contributed by atoms with Crippen LogP contribution in [0.2, 0.25) is 0 Å². The molecule has 0 aliphatic carbocycles. The van der Waals surface area contributed by atoms with Crippen molar-refractivity contribution in [2.24, 2.45) is 11.8 Å². The van der Waals surface area contributed by atoms with Crippen molar-refractivity contribution in [3.63, 3.8) is 0 Å². The zero-order valence-corrected chi connectivity index (χ0v) is 14.9. The van der Waals surface area contributed by atoms with Crippen LogP contribution in [-0.2, 0) is 25.5 Å². The summed E-state index contributed by atoms with van der Waals surface area (Å²) in [4.78, 5) is 26.8. The summed E-state index contributed by atoms with van der Waals surface area (Å²) in [6.45, 7) is 1.24. The van der Waals surface area contributed by atoms with E-state index in [4.69, 9.17) is 18.9 Å². The van der Waals surface area contributed by atoms with Crippen LogP contribution in [0.1, 0.15) is 17.2 Å². The minimum Gasteiger partial charge on any atom is -0.493 e. The van der Waals surface area contributed by atoms with Gasteiger partial charge in [-0.05, 0) is 29.7 Å². The molecule has 0 bridgehead atoms. The smallest absolute Gasteiger partial charge is 0.311 e. The monoisotopic (exact) mass is 349 g/mol. The van der Waals surface area contributed by atoms with Crippen LogP contribution in [-0.4, -0.2) is 58.4 Å². The number of rotatable bonds is 4. The first-order chi connectivity index (χ1) is 12.0. The Kier molecular flexibility index (Phi) is 4.85. The molecule has 1 aromatic carbocycles. The minimum atomic E-state index is -0.602. The molecular weight excluding hydrogens is 326 g/mol. The van der Waals surface area contributed by atoms with Crippen LogP contribution in [0.3, 0.4) is 0 Å². The highest BCUT2D eigenvalue weighted by molar-refractivity contribution is 5.84. The molecule has 0 radical (unpaired) electrons. The predicted octanol–water partition coefficient (Wildman–Crippen LogP) is 1.20. The van der Waals surface area contributed by atoms with Crippen LogP contribution in [0, 0.1) is 11.8 Å². The lowest BCUT2D eigenvalue weighted by Gasteiger charge is -2.34. The molecule has 0 N–H and O–H groups in total. The zero-order chi connectivity index (χ0) is 18.1. The van der Waals surface area contributed by atoms with Gasteiger partial charge in [0.2, 0.25) is 0 Å². The first kappa shape index (κ1) is 17.5. The fourth-order valence-corrected chi connectivity index (χ4v) is 4.04. The third kappa shape index (κ3) is 2.82. The molecule has 3 rings (SSSR count). The van der Waals surface area contributed by atoms with Crippen LogP contribution >= 0.6 is 0 Å². The number of hydrogen-bond acceptors (Lipinski definition) is 7. The van der Waals surface area contributed by atoms with E-state index in [9.17, 15) is 9.59 Å². The lowest BCUT2D eigenvalue weighted by atomic mass is 9.83. The molecule has 1 fully saturated rings. The Hall–Kier alpha value is -2.28. The summed E-state index contributed by atoms with van der Waals surface area (Å²) >= 11 is 0. The third-order valence-corrected chi connectivity index (χ3v) is 5.21. The van der Waals surface area contributed by atoms with Crippen LogP contribution < -0.4 is 9.47 Å². The van der Waals surface area contributed by atoms with E-state index in [1.807, 2.05) is 12.1 Å². The topological polar surface area (TPSA) is 74.3 Å². The minimum absolute atomic E-state index is 0.236. The predicted molar refractivity (Wildman–Crippen MR) is 88.6 cm³/mol. The van der Waals surface area contributed by atoms with Crippen molar-refractivity contribution in [2.75, 3.05) is 41.5 Å². The molecule has 2 aliphatic rings. The van der Waals surface area contributed by atoms with Crippen molar-refractivity contribution in [3.8, 4) is 11.5 Å². The molecule has 1 aromatic rings. The lowest BCUT2D eigenvalue weighted by molar-refractivity contribution is -0.156. The number of carbonyl (C=O) groups excluding carboxylic acids is 2. The van der Waals surface area contributed by atoms with Gasteiger partial charge in [0.15, 0.2) is 11.5 Å². The SMILES string of the molecule is COC(=O)[C@@H]1[C@H](C(=O)OC)CN2CCc3cc(OC)c(OC)cc3[C@@H]12. The maximum Gasteiger partial charge on any atom is 0.311 e. The Bertz CT molecular complexity index is 688. The number of benzene rings is 1. The van der Waals surface area contributed by atoms with E-state index in [1.54, 1.807) is 14.2 Å². The van der Waals surface area contributed by atoms with Gasteiger partial charge in [0, 0.05) is 19.1 Å². The Balaban J connectivity index is 2.08. The van der Waals surface area contributed by atoms with Gasteiger partial charge in [-0.2, -0.15) is 0 Å². The van der Waals surface area contributed by atoms with Gasteiger partial charge < -0.3 is 18.9 Å². The van der Waals surface area contributed by atoms with Gasteiger partial charge in [-0.15, -0.1) is 0 Å². The highest BCUT2D eigenvalue weighted by Crippen LogP contribution is 2.47. The number of nitrogens with zero attached hydrogens (tertiary/aromatic N) is 1. The number of fused-ring (bicyclic) bond motifs is 3. The summed E-state index contributed by atoms with van der Waals surface area (Å²) in [5.41, 5.74) is 2.07. The molecule has 0 spiro atoms. The summed E-state index contributed by atoms with van der Waals surface area (Å²) in [7, 11) is 5.86. The maximum absolute atomic E-state index is 12.5. The van der Waals surface area contributed by atoms with Gasteiger partial charge in [0.1, 0.15) is 0 Å². The van der Waals surface area contributed by atoms with Gasteiger partial charge in [-0.25, -0.2) is 0 Å². The molecule has 0 aromatic heterocycles. The van der Waals surface area contributed by atoms with Crippen molar-refractivity contribution in [3.05, 3.63) is 23.3 Å². The van der Waals surface area contributed by atoms with Gasteiger partial charge in [0.25, 0.3) is 0 Å². The van der Waals surface area contributed by atoms with E-state index in [-0.39, 0.29) is 12.0 Å². The van der Waals surface area contributed by atoms with Crippen molar-refractivity contribution < 1.29 is 28.5 Å². The van der Waals surface area contributed by atoms with Crippen molar-refractivity contribution in [1.82, 2.24) is 4.90 Å². The maximum atomic E-state index is 12.5. The Morgan fingerprint density at radius 2 is 1.64 bits per heavy atom. The standard InChI is InChI=1S/C18H23NO6/c1-22-13-7-10-5-6-19-9-12(17(20)24-3)15(18(21)25-4)16(19)11(10)8-14(13)23-2/h7-8,12,15-16H,5-6,9H2,1-4H3/t12-,15-,16+/m1/s1. The number of hydrogen-bond donors (Lipinski definition) is 0. The molecule has 136 valence electrons. The summed E-state index contributed by atoms with van der Waals surface area (Å²) in [5.74, 6) is -0.659. The highest BCUT2D eigenvalue weighted by atomic mass is 16.5. The van der Waals surface area contributed by atoms with Crippen LogP contribution in [0.4, 0.5) is 0 Å². The third-order valence-electron chi connectivity index (χ3n) is 5.21. The highest BCUT2D eigenvalue weighted by Gasteiger charge is 2.52. The molecule has 2 aliphatic heterocycles. The van der Waals surface area contributed by atoms with Crippen LogP contribution in [0.15, 0.2) is 12.1 Å². The van der Waals surface area contributed by atoms with Gasteiger partial charge in [-0.3, -0.25) is 14.5 Å². The molecule has 7 nitrogen and oxygen atoms in total. The molecule has 0 unspecified atom stereocenters. The summed E-state index contributed by atoms with van der Waals surface area (Å²) in [5, 5.41) is 0. The first-order valence-corrected chi connectivity index (χ1v) is 8.20. The van der Waals surface area contributed by atoms with Gasteiger partial charge in [-0.1, -0.05) is 0 Å². The fraction of sp³-hybridized carbons (Fsp3) is 0.556. The average molecular weight is 349 g/mol. The molecule has 1 saturated heterocycles. The molecule has 7 heteroatoms. The van der Waals surface area contributed by atoms with Crippen LogP contribution in [0.25, 0.3) is 0 Å². The Morgan fingerprint density at radius 3 is 2.24 bits per heavy atom. The quantitative estimate of drug-likeness (QED) is 0.756. The van der Waals surface area contributed by atoms with Gasteiger partial charge >= 0.3 is 11.9 Å². The normalized spacial score (nSPS) is 24.9. The van der Waals surface area contributed by atoms with E-state index >= 15 is 0 Å². The Labute approximate surface area is 146 Å². The Morgan fingerprint density at radius 1 is 1.00 bits per heavy atom. The average Bonchev–Trinajstić information content (AvgIpc) is 3.05. The van der Waals surface area contributed by atoms with E-state index < -0.39 is 17.8 Å². The summed E-state index contributed by atoms with van der Waals surface area (Å²) in [6.07, 6.45) is 0.813. The first-order valence-electron chi connectivity index (χ1n) is 8.20. The fourth-order valence-electron chi connectivity index (χ4n) is 4.04. The second-order valence-electron chi connectivity index (χ2n) is 6.27. The zero-order valence-electron chi connectivity index (χ0n) is 14.9.